The molecule has 0 radical (unpaired) electrons. The van der Waals surface area contributed by atoms with E-state index in [4.69, 9.17) is 15.2 Å². The molecule has 0 fully saturated rings. The van der Waals surface area contributed by atoms with Crippen molar-refractivity contribution in [3.63, 3.8) is 0 Å². The third kappa shape index (κ3) is 2.85. The summed E-state index contributed by atoms with van der Waals surface area (Å²) in [5, 5.41) is 10.0. The summed E-state index contributed by atoms with van der Waals surface area (Å²) >= 11 is 3.39. The summed E-state index contributed by atoms with van der Waals surface area (Å²) in [4.78, 5) is 19.3. The highest BCUT2D eigenvalue weighted by Crippen LogP contribution is 2.47. The molecular formula is C22H17BrN4O3. The molecular weight excluding hydrogens is 448 g/mol. The number of nitriles is 1. The van der Waals surface area contributed by atoms with Crippen LogP contribution in [0, 0.1) is 11.3 Å². The number of fused-ring (bicyclic) bond motifs is 1. The second-order valence-corrected chi connectivity index (χ2v) is 8.18. The topological polar surface area (TPSA) is 101 Å². The molecule has 2 aromatic rings. The molecule has 0 saturated heterocycles. The van der Waals surface area contributed by atoms with Crippen molar-refractivity contribution in [1.82, 2.24) is 4.98 Å². The van der Waals surface area contributed by atoms with Crippen LogP contribution >= 0.6 is 15.9 Å². The normalized spacial score (nSPS) is 20.3. The van der Waals surface area contributed by atoms with E-state index in [9.17, 15) is 10.1 Å². The molecule has 5 rings (SSSR count). The number of ether oxygens (including phenoxy) is 2. The number of aromatic nitrogens is 1. The molecule has 1 aromatic heterocycles. The average molecular weight is 465 g/mol. The molecule has 2 N–H and O–H groups in total. The number of carbonyl (C=O) groups is 1. The lowest BCUT2D eigenvalue weighted by molar-refractivity contribution is -0.116. The van der Waals surface area contributed by atoms with Crippen molar-refractivity contribution >= 4 is 27.5 Å². The van der Waals surface area contributed by atoms with Crippen molar-refractivity contribution < 1.29 is 14.3 Å². The Morgan fingerprint density at radius 1 is 1.20 bits per heavy atom. The van der Waals surface area contributed by atoms with Gasteiger partial charge in [0, 0.05) is 28.4 Å². The SMILES string of the molecule is N#CC1=C(N)N(c2ccc(Br)cn2)C2=C(C(=O)CCC2)[C@H]1c1ccc2c(c1)OCO2. The van der Waals surface area contributed by atoms with Gasteiger partial charge < -0.3 is 15.2 Å². The molecule has 8 heteroatoms. The summed E-state index contributed by atoms with van der Waals surface area (Å²) in [5.41, 5.74) is 9.05. The molecule has 3 aliphatic rings. The van der Waals surface area contributed by atoms with Crippen molar-refractivity contribution in [3.8, 4) is 17.6 Å². The van der Waals surface area contributed by atoms with Gasteiger partial charge in [-0.15, -0.1) is 0 Å². The van der Waals surface area contributed by atoms with Crippen LogP contribution in [0.1, 0.15) is 30.7 Å². The molecule has 0 saturated carbocycles. The van der Waals surface area contributed by atoms with Gasteiger partial charge >= 0.3 is 0 Å². The number of nitrogens with zero attached hydrogens (tertiary/aromatic N) is 3. The lowest BCUT2D eigenvalue weighted by Crippen LogP contribution is -2.39. The highest BCUT2D eigenvalue weighted by molar-refractivity contribution is 9.10. The van der Waals surface area contributed by atoms with Crippen LogP contribution in [0.5, 0.6) is 11.5 Å². The molecule has 7 nitrogen and oxygen atoms in total. The number of pyridine rings is 1. The van der Waals surface area contributed by atoms with Gasteiger partial charge in [0.25, 0.3) is 0 Å². The van der Waals surface area contributed by atoms with Crippen LogP contribution in [-0.2, 0) is 4.79 Å². The van der Waals surface area contributed by atoms with E-state index in [1.165, 1.54) is 0 Å². The minimum absolute atomic E-state index is 0.0290. The largest absolute Gasteiger partial charge is 0.454 e. The summed E-state index contributed by atoms with van der Waals surface area (Å²) in [5.74, 6) is 1.61. The van der Waals surface area contributed by atoms with Crippen molar-refractivity contribution in [2.24, 2.45) is 5.73 Å². The van der Waals surface area contributed by atoms with Crippen LogP contribution < -0.4 is 20.1 Å². The van der Waals surface area contributed by atoms with Gasteiger partial charge in [0.05, 0.1) is 17.6 Å². The van der Waals surface area contributed by atoms with Crippen LogP contribution in [0.3, 0.4) is 0 Å². The van der Waals surface area contributed by atoms with Crippen LogP contribution in [0.4, 0.5) is 5.82 Å². The van der Waals surface area contributed by atoms with Crippen molar-refractivity contribution in [1.29, 1.82) is 5.26 Å². The quantitative estimate of drug-likeness (QED) is 0.719. The Kier molecular flexibility index (Phi) is 4.48. The third-order valence-corrected chi connectivity index (χ3v) is 6.05. The number of rotatable bonds is 2. The third-order valence-electron chi connectivity index (χ3n) is 5.58. The van der Waals surface area contributed by atoms with Gasteiger partial charge in [0.15, 0.2) is 17.3 Å². The average Bonchev–Trinajstić information content (AvgIpc) is 3.22. The highest BCUT2D eigenvalue weighted by Gasteiger charge is 2.41. The summed E-state index contributed by atoms with van der Waals surface area (Å²) in [6.07, 6.45) is 3.52. The lowest BCUT2D eigenvalue weighted by Gasteiger charge is -2.39. The maximum Gasteiger partial charge on any atom is 0.231 e. The maximum atomic E-state index is 13.1. The first-order valence-electron chi connectivity index (χ1n) is 9.55. The Bertz CT molecular complexity index is 1160. The Labute approximate surface area is 181 Å². The van der Waals surface area contributed by atoms with Gasteiger partial charge in [0.2, 0.25) is 6.79 Å². The minimum Gasteiger partial charge on any atom is -0.454 e. The fourth-order valence-electron chi connectivity index (χ4n) is 4.27. The number of allylic oxidation sites excluding steroid dienone is 3. The number of nitrogens with two attached hydrogens (primary N) is 1. The summed E-state index contributed by atoms with van der Waals surface area (Å²) in [6.45, 7) is 0.155. The second-order valence-electron chi connectivity index (χ2n) is 7.26. The van der Waals surface area contributed by atoms with E-state index in [-0.39, 0.29) is 12.6 Å². The fraction of sp³-hybridized carbons (Fsp3) is 0.227. The molecule has 1 aliphatic carbocycles. The predicted octanol–water partition coefficient (Wildman–Crippen LogP) is 3.88. The lowest BCUT2D eigenvalue weighted by atomic mass is 9.75. The van der Waals surface area contributed by atoms with E-state index in [1.807, 2.05) is 24.3 Å². The van der Waals surface area contributed by atoms with Crippen molar-refractivity contribution in [3.05, 3.63) is 69.2 Å². The van der Waals surface area contributed by atoms with Crippen molar-refractivity contribution in [2.75, 3.05) is 11.7 Å². The molecule has 2 aliphatic heterocycles. The van der Waals surface area contributed by atoms with Crippen molar-refractivity contribution in [2.45, 2.75) is 25.2 Å². The first-order valence-corrected chi connectivity index (χ1v) is 10.3. The number of Topliss-reactive ketones (excluding diaryl/α,β-unsaturated/α-hetero) is 1. The Balaban J connectivity index is 1.72. The van der Waals surface area contributed by atoms with E-state index >= 15 is 0 Å². The number of carbonyl (C=O) groups excluding carboxylic acids is 1. The Hall–Kier alpha value is -3.31. The fourth-order valence-corrected chi connectivity index (χ4v) is 4.51. The Morgan fingerprint density at radius 2 is 2.03 bits per heavy atom. The highest BCUT2D eigenvalue weighted by atomic mass is 79.9. The predicted molar refractivity (Wildman–Crippen MR) is 112 cm³/mol. The van der Waals surface area contributed by atoms with Crippen LogP contribution in [0.2, 0.25) is 0 Å². The molecule has 0 amide bonds. The van der Waals surface area contributed by atoms with Gasteiger partial charge in [0.1, 0.15) is 11.6 Å². The van der Waals surface area contributed by atoms with Gasteiger partial charge in [-0.25, -0.2) is 4.98 Å². The monoisotopic (exact) mass is 464 g/mol. The Morgan fingerprint density at radius 3 is 2.80 bits per heavy atom. The molecule has 3 heterocycles. The number of halogens is 1. The molecule has 1 atom stereocenters. The van der Waals surface area contributed by atoms with E-state index in [0.29, 0.717) is 47.1 Å². The van der Waals surface area contributed by atoms with E-state index in [2.05, 4.69) is 27.0 Å². The van der Waals surface area contributed by atoms with E-state index < -0.39 is 5.92 Å². The first kappa shape index (κ1) is 18.7. The maximum absolute atomic E-state index is 13.1. The standard InChI is InChI=1S/C22H17BrN4O3/c23-13-5-7-19(26-10-13)27-15-2-1-3-16(28)21(15)20(14(9-24)22(27)25)12-4-6-17-18(8-12)30-11-29-17/h4-8,10,20H,1-3,11,25H2/t20-/m0/s1. The smallest absolute Gasteiger partial charge is 0.231 e. The number of hydrogen-bond acceptors (Lipinski definition) is 7. The van der Waals surface area contributed by atoms with Gasteiger partial charge in [-0.2, -0.15) is 5.26 Å². The van der Waals surface area contributed by atoms with Gasteiger partial charge in [-0.1, -0.05) is 6.07 Å². The second kappa shape index (κ2) is 7.18. The van der Waals surface area contributed by atoms with Crippen LogP contribution in [0.25, 0.3) is 0 Å². The van der Waals surface area contributed by atoms with Crippen LogP contribution in [0.15, 0.2) is 63.7 Å². The molecule has 0 unspecified atom stereocenters. The molecule has 30 heavy (non-hydrogen) atoms. The summed E-state index contributed by atoms with van der Waals surface area (Å²) in [7, 11) is 0. The zero-order valence-corrected chi connectivity index (χ0v) is 17.5. The summed E-state index contributed by atoms with van der Waals surface area (Å²) < 4.78 is 11.7. The van der Waals surface area contributed by atoms with E-state index in [1.54, 1.807) is 17.2 Å². The molecule has 0 bridgehead atoms. The molecule has 1 aromatic carbocycles. The number of ketones is 1. The first-order chi connectivity index (χ1) is 14.6. The number of anilines is 1. The zero-order valence-electron chi connectivity index (χ0n) is 15.9. The van der Waals surface area contributed by atoms with E-state index in [0.717, 1.165) is 22.2 Å². The molecule has 0 spiro atoms. The van der Waals surface area contributed by atoms with Gasteiger partial charge in [-0.3, -0.25) is 9.69 Å². The minimum atomic E-state index is -0.543. The summed E-state index contributed by atoms with van der Waals surface area (Å²) in [6, 6.07) is 11.4. The number of hydrogen-bond donors (Lipinski definition) is 1. The zero-order chi connectivity index (χ0) is 20.8. The number of benzene rings is 1. The van der Waals surface area contributed by atoms with Gasteiger partial charge in [-0.05, 0) is 58.6 Å². The van der Waals surface area contributed by atoms with Crippen LogP contribution in [-0.4, -0.2) is 17.6 Å². The molecule has 150 valence electrons.